The Bertz CT molecular complexity index is 525. The highest BCUT2D eigenvalue weighted by molar-refractivity contribution is 5.96. The number of carbonyl (C=O) groups excluding carboxylic acids is 2. The molecule has 7 nitrogen and oxygen atoms in total. The van der Waals surface area contributed by atoms with Crippen LogP contribution in [0.5, 0.6) is 0 Å². The minimum atomic E-state index is -0.483. The molecule has 21 heavy (non-hydrogen) atoms. The molecule has 2 atom stereocenters. The van der Waals surface area contributed by atoms with Crippen LogP contribution in [0.3, 0.4) is 0 Å². The lowest BCUT2D eigenvalue weighted by Crippen LogP contribution is -2.62. The molecule has 1 fully saturated rings. The first-order valence-corrected chi connectivity index (χ1v) is 7.41. The van der Waals surface area contributed by atoms with Crippen LogP contribution in [0.25, 0.3) is 0 Å². The van der Waals surface area contributed by atoms with Gasteiger partial charge in [0.05, 0.1) is 6.54 Å². The Morgan fingerprint density at radius 2 is 2.10 bits per heavy atom. The number of piperazine rings is 1. The summed E-state index contributed by atoms with van der Waals surface area (Å²) < 4.78 is 1.74. The number of aromatic nitrogens is 3. The van der Waals surface area contributed by atoms with Crippen LogP contribution in [0, 0.1) is 5.92 Å². The Balaban J connectivity index is 2.18. The van der Waals surface area contributed by atoms with Crippen molar-refractivity contribution in [2.45, 2.75) is 59.3 Å². The van der Waals surface area contributed by atoms with Crippen LogP contribution < -0.4 is 5.32 Å². The van der Waals surface area contributed by atoms with Crippen molar-refractivity contribution in [2.75, 3.05) is 0 Å². The third-order valence-corrected chi connectivity index (χ3v) is 3.76. The van der Waals surface area contributed by atoms with Gasteiger partial charge in [-0.15, -0.1) is 0 Å². The molecular formula is C14H23N5O2. The number of amides is 2. The molecule has 0 spiro atoms. The van der Waals surface area contributed by atoms with E-state index in [0.29, 0.717) is 31.3 Å². The Hall–Kier alpha value is -1.92. The van der Waals surface area contributed by atoms with Gasteiger partial charge in [-0.1, -0.05) is 13.8 Å². The lowest BCUT2D eigenvalue weighted by Gasteiger charge is -2.37. The molecule has 1 aromatic heterocycles. The lowest BCUT2D eigenvalue weighted by atomic mass is 9.99. The predicted molar refractivity (Wildman–Crippen MR) is 77.1 cm³/mol. The molecule has 1 aliphatic rings. The SMILES string of the molecule is CCn1ncnc1CN1C(=O)C(CC(C)C)NC(=O)C1C. The molecule has 1 aliphatic heterocycles. The zero-order valence-electron chi connectivity index (χ0n) is 13.0. The van der Waals surface area contributed by atoms with E-state index >= 15 is 0 Å². The van der Waals surface area contributed by atoms with Crippen LogP contribution in [0.15, 0.2) is 6.33 Å². The summed E-state index contributed by atoms with van der Waals surface area (Å²) in [5.41, 5.74) is 0. The lowest BCUT2D eigenvalue weighted by molar-refractivity contribution is -0.149. The van der Waals surface area contributed by atoms with Crippen LogP contribution in [0.2, 0.25) is 0 Å². The van der Waals surface area contributed by atoms with E-state index in [0.717, 1.165) is 0 Å². The van der Waals surface area contributed by atoms with Crippen molar-refractivity contribution in [1.29, 1.82) is 0 Å². The van der Waals surface area contributed by atoms with Crippen molar-refractivity contribution >= 4 is 11.8 Å². The molecule has 2 rings (SSSR count). The van der Waals surface area contributed by atoms with E-state index in [2.05, 4.69) is 15.4 Å². The van der Waals surface area contributed by atoms with E-state index in [1.165, 1.54) is 6.33 Å². The van der Waals surface area contributed by atoms with Crippen LogP contribution in [0.1, 0.15) is 39.9 Å². The van der Waals surface area contributed by atoms with Crippen molar-refractivity contribution in [2.24, 2.45) is 5.92 Å². The van der Waals surface area contributed by atoms with Gasteiger partial charge in [0.2, 0.25) is 11.8 Å². The van der Waals surface area contributed by atoms with Crippen LogP contribution in [0.4, 0.5) is 0 Å². The average Bonchev–Trinajstić information content (AvgIpc) is 2.87. The van der Waals surface area contributed by atoms with Crippen LogP contribution >= 0.6 is 0 Å². The number of hydrogen-bond acceptors (Lipinski definition) is 4. The number of aryl methyl sites for hydroxylation is 1. The van der Waals surface area contributed by atoms with E-state index in [-0.39, 0.29) is 11.8 Å². The van der Waals surface area contributed by atoms with Gasteiger partial charge in [0.15, 0.2) is 0 Å². The summed E-state index contributed by atoms with van der Waals surface area (Å²) in [5.74, 6) is 0.897. The van der Waals surface area contributed by atoms with E-state index in [1.54, 1.807) is 16.5 Å². The number of nitrogens with one attached hydrogen (secondary N) is 1. The number of rotatable bonds is 5. The normalized spacial score (nSPS) is 22.8. The molecular weight excluding hydrogens is 270 g/mol. The van der Waals surface area contributed by atoms with Crippen molar-refractivity contribution in [3.8, 4) is 0 Å². The second kappa shape index (κ2) is 6.24. The van der Waals surface area contributed by atoms with E-state index in [4.69, 9.17) is 0 Å². The highest BCUT2D eigenvalue weighted by Gasteiger charge is 2.38. The van der Waals surface area contributed by atoms with Gasteiger partial charge in [0.1, 0.15) is 24.2 Å². The van der Waals surface area contributed by atoms with Crippen LogP contribution in [-0.2, 0) is 22.7 Å². The second-order valence-corrected chi connectivity index (χ2v) is 5.82. The predicted octanol–water partition coefficient (Wildman–Crippen LogP) is 0.560. The maximum atomic E-state index is 12.6. The first kappa shape index (κ1) is 15.5. The summed E-state index contributed by atoms with van der Waals surface area (Å²) in [6.07, 6.45) is 2.12. The highest BCUT2D eigenvalue weighted by Crippen LogP contribution is 2.17. The third-order valence-electron chi connectivity index (χ3n) is 3.76. The molecule has 7 heteroatoms. The number of nitrogens with zero attached hydrogens (tertiary/aromatic N) is 4. The van der Waals surface area contributed by atoms with Crippen molar-refractivity contribution < 1.29 is 9.59 Å². The van der Waals surface area contributed by atoms with Crippen molar-refractivity contribution in [1.82, 2.24) is 25.0 Å². The Morgan fingerprint density at radius 3 is 2.71 bits per heavy atom. The average molecular weight is 293 g/mol. The summed E-state index contributed by atoms with van der Waals surface area (Å²) >= 11 is 0. The largest absolute Gasteiger partial charge is 0.343 e. The summed E-state index contributed by atoms with van der Waals surface area (Å²) in [7, 11) is 0. The standard InChI is InChI=1S/C14H23N5O2/c1-5-19-12(15-8-16-19)7-18-10(4)13(20)17-11(14(18)21)6-9(2)3/h8-11H,5-7H2,1-4H3,(H,17,20). The molecule has 2 heterocycles. The van der Waals surface area contributed by atoms with Crippen molar-refractivity contribution in [3.63, 3.8) is 0 Å². The monoisotopic (exact) mass is 293 g/mol. The molecule has 2 unspecified atom stereocenters. The third kappa shape index (κ3) is 3.22. The summed E-state index contributed by atoms with van der Waals surface area (Å²) in [4.78, 5) is 30.5. The smallest absolute Gasteiger partial charge is 0.246 e. The second-order valence-electron chi connectivity index (χ2n) is 5.82. The zero-order chi connectivity index (χ0) is 15.6. The minimum absolute atomic E-state index is 0.0403. The Morgan fingerprint density at radius 1 is 1.38 bits per heavy atom. The van der Waals surface area contributed by atoms with Gasteiger partial charge in [-0.2, -0.15) is 5.10 Å². The first-order chi connectivity index (χ1) is 9.93. The number of carbonyl (C=O) groups is 2. The number of hydrogen-bond donors (Lipinski definition) is 1. The molecule has 2 amide bonds. The maximum Gasteiger partial charge on any atom is 0.246 e. The topological polar surface area (TPSA) is 80.1 Å². The van der Waals surface area contributed by atoms with E-state index < -0.39 is 12.1 Å². The van der Waals surface area contributed by atoms with Gasteiger partial charge in [-0.3, -0.25) is 9.59 Å². The van der Waals surface area contributed by atoms with Gasteiger partial charge in [-0.25, -0.2) is 9.67 Å². The highest BCUT2D eigenvalue weighted by atomic mass is 16.2. The molecule has 1 aromatic rings. The quantitative estimate of drug-likeness (QED) is 0.860. The summed E-state index contributed by atoms with van der Waals surface area (Å²) in [6.45, 7) is 8.79. The van der Waals surface area contributed by atoms with Crippen molar-refractivity contribution in [3.05, 3.63) is 12.2 Å². The molecule has 0 saturated carbocycles. The van der Waals surface area contributed by atoms with Gasteiger partial charge in [0.25, 0.3) is 0 Å². The summed E-state index contributed by atoms with van der Waals surface area (Å²) in [6, 6.07) is -0.922. The van der Waals surface area contributed by atoms with Crippen LogP contribution in [-0.4, -0.2) is 43.6 Å². The Kier molecular flexibility index (Phi) is 4.59. The van der Waals surface area contributed by atoms with E-state index in [1.807, 2.05) is 20.8 Å². The van der Waals surface area contributed by atoms with Gasteiger partial charge in [-0.05, 0) is 26.2 Å². The molecule has 0 aromatic carbocycles. The fourth-order valence-electron chi connectivity index (χ4n) is 2.56. The fraction of sp³-hybridized carbons (Fsp3) is 0.714. The molecule has 0 bridgehead atoms. The van der Waals surface area contributed by atoms with Gasteiger partial charge < -0.3 is 10.2 Å². The summed E-state index contributed by atoms with van der Waals surface area (Å²) in [5, 5.41) is 6.92. The fourth-order valence-corrected chi connectivity index (χ4v) is 2.56. The maximum absolute atomic E-state index is 12.6. The van der Waals surface area contributed by atoms with Gasteiger partial charge >= 0.3 is 0 Å². The first-order valence-electron chi connectivity index (χ1n) is 7.41. The zero-order valence-corrected chi connectivity index (χ0v) is 13.0. The molecule has 1 saturated heterocycles. The molecule has 0 aliphatic carbocycles. The Labute approximate surface area is 124 Å². The molecule has 1 N–H and O–H groups in total. The van der Waals surface area contributed by atoms with E-state index in [9.17, 15) is 9.59 Å². The minimum Gasteiger partial charge on any atom is -0.343 e. The van der Waals surface area contributed by atoms with Gasteiger partial charge in [0, 0.05) is 6.54 Å². The molecule has 116 valence electrons. The molecule has 0 radical (unpaired) electrons.